The maximum Gasteiger partial charge on any atom is 0.271 e. The van der Waals surface area contributed by atoms with E-state index in [1.165, 1.54) is 25.3 Å². The Balaban J connectivity index is 1.56. The topological polar surface area (TPSA) is 89.8 Å². The smallest absolute Gasteiger partial charge is 0.271 e. The van der Waals surface area contributed by atoms with Gasteiger partial charge in [0.25, 0.3) is 5.69 Å². The summed E-state index contributed by atoms with van der Waals surface area (Å²) >= 11 is 0. The summed E-state index contributed by atoms with van der Waals surface area (Å²) in [6, 6.07) is 19.9. The number of rotatable bonds is 3. The highest BCUT2D eigenvalue weighted by atomic mass is 16.6. The normalized spacial score (nSPS) is 24.7. The van der Waals surface area contributed by atoms with Crippen LogP contribution in [0.5, 0.6) is 5.75 Å². The quantitative estimate of drug-likeness (QED) is 0.359. The van der Waals surface area contributed by atoms with Crippen molar-refractivity contribution < 1.29 is 19.2 Å². The third kappa shape index (κ3) is 2.25. The fourth-order valence-corrected chi connectivity index (χ4v) is 5.88. The van der Waals surface area contributed by atoms with Crippen molar-refractivity contribution >= 4 is 23.2 Å². The zero-order valence-corrected chi connectivity index (χ0v) is 17.1. The number of methoxy groups -OCH3 is 1. The highest BCUT2D eigenvalue weighted by Crippen LogP contribution is 2.61. The van der Waals surface area contributed by atoms with Crippen LogP contribution in [0.4, 0.5) is 11.4 Å². The van der Waals surface area contributed by atoms with E-state index < -0.39 is 16.8 Å². The third-order valence-corrected chi connectivity index (χ3v) is 7.06. The van der Waals surface area contributed by atoms with Crippen LogP contribution in [0.1, 0.15) is 34.1 Å². The Labute approximate surface area is 183 Å². The molecule has 3 aliphatic carbocycles. The number of hydrogen-bond donors (Lipinski definition) is 0. The van der Waals surface area contributed by atoms with E-state index in [1.807, 2.05) is 48.5 Å². The Morgan fingerprint density at radius 1 is 0.812 bits per heavy atom. The molecule has 7 heteroatoms. The Morgan fingerprint density at radius 3 is 1.69 bits per heavy atom. The average Bonchev–Trinajstić information content (AvgIpc) is 3.09. The van der Waals surface area contributed by atoms with Crippen molar-refractivity contribution in [2.75, 3.05) is 12.0 Å². The van der Waals surface area contributed by atoms with Gasteiger partial charge in [-0.25, -0.2) is 4.90 Å². The van der Waals surface area contributed by atoms with Crippen LogP contribution < -0.4 is 9.64 Å². The zero-order valence-electron chi connectivity index (χ0n) is 17.1. The van der Waals surface area contributed by atoms with Crippen molar-refractivity contribution in [3.05, 3.63) is 99.1 Å². The summed E-state index contributed by atoms with van der Waals surface area (Å²) in [5, 5.41) is 11.4. The lowest BCUT2D eigenvalue weighted by Gasteiger charge is -2.45. The molecular weight excluding hydrogens is 408 g/mol. The molecule has 1 saturated heterocycles. The molecule has 32 heavy (non-hydrogen) atoms. The van der Waals surface area contributed by atoms with Crippen LogP contribution in [0.15, 0.2) is 66.7 Å². The lowest BCUT2D eigenvalue weighted by molar-refractivity contribution is -0.384. The summed E-state index contributed by atoms with van der Waals surface area (Å²) in [6.45, 7) is 0. The van der Waals surface area contributed by atoms with Gasteiger partial charge in [0.1, 0.15) is 11.4 Å². The lowest BCUT2D eigenvalue weighted by Crippen LogP contribution is -2.41. The largest absolute Gasteiger partial charge is 0.495 e. The number of amides is 2. The molecule has 2 atom stereocenters. The van der Waals surface area contributed by atoms with Gasteiger partial charge in [-0.05, 0) is 28.3 Å². The fourth-order valence-electron chi connectivity index (χ4n) is 5.88. The molecule has 0 saturated carbocycles. The molecular formula is C25H18N2O5. The van der Waals surface area contributed by atoms with Gasteiger partial charge in [-0.3, -0.25) is 19.7 Å². The van der Waals surface area contributed by atoms with Crippen LogP contribution in [-0.4, -0.2) is 23.8 Å². The number of anilines is 1. The number of non-ortho nitro benzene ring substituents is 1. The van der Waals surface area contributed by atoms with E-state index in [4.69, 9.17) is 4.74 Å². The molecule has 158 valence electrons. The SMILES string of the molecule is COc1ccc([N+](=O)[O-])cc1N1C(=O)C2C3c4ccccc4C(c4ccccc43)C2C1=O. The van der Waals surface area contributed by atoms with Crippen LogP contribution >= 0.6 is 0 Å². The lowest BCUT2D eigenvalue weighted by atomic mass is 9.55. The number of nitrogens with zero attached hydrogens (tertiary/aromatic N) is 2. The second-order valence-electron chi connectivity index (χ2n) is 8.39. The van der Waals surface area contributed by atoms with Crippen molar-refractivity contribution in [3.63, 3.8) is 0 Å². The molecule has 1 aliphatic heterocycles. The van der Waals surface area contributed by atoms with E-state index in [9.17, 15) is 19.7 Å². The van der Waals surface area contributed by atoms with Crippen LogP contribution in [0.3, 0.4) is 0 Å². The van der Waals surface area contributed by atoms with Crippen LogP contribution in [0.2, 0.25) is 0 Å². The van der Waals surface area contributed by atoms with Crippen molar-refractivity contribution in [3.8, 4) is 5.75 Å². The summed E-state index contributed by atoms with van der Waals surface area (Å²) in [5.41, 5.74) is 4.22. The Kier molecular flexibility index (Phi) is 3.81. The highest BCUT2D eigenvalue weighted by Gasteiger charge is 2.62. The first kappa shape index (κ1) is 18.7. The summed E-state index contributed by atoms with van der Waals surface area (Å²) < 4.78 is 5.37. The molecule has 0 N–H and O–H groups in total. The zero-order chi connectivity index (χ0) is 22.1. The Morgan fingerprint density at radius 2 is 1.28 bits per heavy atom. The standard InChI is InChI=1S/C25H18N2O5/c1-32-19-11-10-13(27(30)31)12-18(19)26-24(28)22-20-14-6-2-3-7-15(14)21(23(22)25(26)29)17-9-5-4-8-16(17)20/h2-12,20-23H,1H3. The first-order valence-corrected chi connectivity index (χ1v) is 10.4. The highest BCUT2D eigenvalue weighted by molar-refractivity contribution is 6.24. The van der Waals surface area contributed by atoms with Crippen LogP contribution in [0, 0.1) is 22.0 Å². The molecule has 7 nitrogen and oxygen atoms in total. The van der Waals surface area contributed by atoms with E-state index >= 15 is 0 Å². The molecule has 3 aromatic carbocycles. The van der Waals surface area contributed by atoms with E-state index in [0.29, 0.717) is 0 Å². The van der Waals surface area contributed by atoms with Crippen LogP contribution in [0.25, 0.3) is 0 Å². The number of ether oxygens (including phenoxy) is 1. The monoisotopic (exact) mass is 426 g/mol. The number of imide groups is 1. The number of nitro groups is 1. The molecule has 4 aliphatic rings. The second kappa shape index (κ2) is 6.50. The van der Waals surface area contributed by atoms with Gasteiger partial charge in [0, 0.05) is 24.0 Å². The molecule has 1 fully saturated rings. The van der Waals surface area contributed by atoms with Gasteiger partial charge in [-0.15, -0.1) is 0 Å². The molecule has 2 amide bonds. The van der Waals surface area contributed by atoms with Gasteiger partial charge in [-0.1, -0.05) is 48.5 Å². The molecule has 3 aromatic rings. The van der Waals surface area contributed by atoms with Gasteiger partial charge >= 0.3 is 0 Å². The minimum Gasteiger partial charge on any atom is -0.495 e. The van der Waals surface area contributed by atoms with E-state index in [1.54, 1.807) is 0 Å². The second-order valence-corrected chi connectivity index (χ2v) is 8.39. The molecule has 0 spiro atoms. The molecule has 0 aromatic heterocycles. The van der Waals surface area contributed by atoms with Crippen molar-refractivity contribution in [2.45, 2.75) is 11.8 Å². The number of hydrogen-bond acceptors (Lipinski definition) is 5. The number of carbonyl (C=O) groups excluding carboxylic acids is 2. The predicted octanol–water partition coefficient (Wildman–Crippen LogP) is 4.00. The van der Waals surface area contributed by atoms with Crippen LogP contribution in [-0.2, 0) is 9.59 Å². The first-order chi connectivity index (χ1) is 15.5. The van der Waals surface area contributed by atoms with E-state index in [2.05, 4.69) is 0 Å². The molecule has 2 bridgehead atoms. The Hall–Kier alpha value is -4.00. The molecule has 1 heterocycles. The van der Waals surface area contributed by atoms with Crippen molar-refractivity contribution in [1.29, 1.82) is 0 Å². The number of benzene rings is 3. The minimum atomic E-state index is -0.554. The molecule has 0 radical (unpaired) electrons. The molecule has 2 unspecified atom stereocenters. The maximum atomic E-state index is 13.8. The van der Waals surface area contributed by atoms with Gasteiger partial charge in [0.2, 0.25) is 11.8 Å². The minimum absolute atomic E-state index is 0.124. The summed E-state index contributed by atoms with van der Waals surface area (Å²) in [4.78, 5) is 39.5. The first-order valence-electron chi connectivity index (χ1n) is 10.4. The van der Waals surface area contributed by atoms with Crippen molar-refractivity contribution in [1.82, 2.24) is 0 Å². The van der Waals surface area contributed by atoms with E-state index in [0.717, 1.165) is 27.2 Å². The van der Waals surface area contributed by atoms with Gasteiger partial charge < -0.3 is 4.74 Å². The molecule has 7 rings (SSSR count). The maximum absolute atomic E-state index is 13.8. The fraction of sp³-hybridized carbons (Fsp3) is 0.200. The number of nitro benzene ring substituents is 1. The predicted molar refractivity (Wildman–Crippen MR) is 116 cm³/mol. The van der Waals surface area contributed by atoms with Gasteiger partial charge in [-0.2, -0.15) is 0 Å². The Bertz CT molecular complexity index is 1220. The van der Waals surface area contributed by atoms with Gasteiger partial charge in [0.15, 0.2) is 0 Å². The summed E-state index contributed by atoms with van der Waals surface area (Å²) in [7, 11) is 1.41. The van der Waals surface area contributed by atoms with Gasteiger partial charge in [0.05, 0.1) is 23.9 Å². The number of carbonyl (C=O) groups is 2. The van der Waals surface area contributed by atoms with E-state index in [-0.39, 0.29) is 40.8 Å². The summed E-state index contributed by atoms with van der Waals surface area (Å²) in [5.74, 6) is -2.00. The average molecular weight is 426 g/mol. The third-order valence-electron chi connectivity index (χ3n) is 7.06. The summed E-state index contributed by atoms with van der Waals surface area (Å²) in [6.07, 6.45) is 0. The van der Waals surface area contributed by atoms with Crippen molar-refractivity contribution in [2.24, 2.45) is 11.8 Å².